The van der Waals surface area contributed by atoms with Gasteiger partial charge >= 0.3 is 0 Å². The minimum atomic E-state index is 0.493. The first-order chi connectivity index (χ1) is 11.3. The number of hydrogen-bond acceptors (Lipinski definition) is 6. The fourth-order valence-corrected chi connectivity index (χ4v) is 3.40. The van der Waals surface area contributed by atoms with Crippen molar-refractivity contribution in [3.05, 3.63) is 36.0 Å². The smallest absolute Gasteiger partial charge is 0.229 e. The Morgan fingerprint density at radius 3 is 3.00 bits per heavy atom. The van der Waals surface area contributed by atoms with Crippen molar-refractivity contribution in [1.82, 2.24) is 19.7 Å². The Labute approximate surface area is 138 Å². The third kappa shape index (κ3) is 3.11. The number of hydrogen-bond donors (Lipinski definition) is 0. The lowest BCUT2D eigenvalue weighted by molar-refractivity contribution is 0.186. The number of methoxy groups -OCH3 is 1. The number of para-hydroxylation sites is 2. The number of thioether (sulfide) groups is 1. The molecule has 23 heavy (non-hydrogen) atoms. The van der Waals surface area contributed by atoms with Gasteiger partial charge in [-0.05, 0) is 25.0 Å². The lowest BCUT2D eigenvalue weighted by atomic mass is 10.3. The van der Waals surface area contributed by atoms with E-state index in [1.165, 1.54) is 12.8 Å². The van der Waals surface area contributed by atoms with Gasteiger partial charge in [0.25, 0.3) is 0 Å². The molecule has 6 nitrogen and oxygen atoms in total. The van der Waals surface area contributed by atoms with Crippen molar-refractivity contribution >= 4 is 22.8 Å². The second-order valence-corrected chi connectivity index (χ2v) is 6.58. The van der Waals surface area contributed by atoms with Crippen LogP contribution in [0.2, 0.25) is 0 Å². The Kier molecular flexibility index (Phi) is 4.05. The van der Waals surface area contributed by atoms with Crippen molar-refractivity contribution < 1.29 is 9.26 Å². The summed E-state index contributed by atoms with van der Waals surface area (Å²) in [6.07, 6.45) is 2.34. The monoisotopic (exact) mass is 330 g/mol. The summed E-state index contributed by atoms with van der Waals surface area (Å²) in [6, 6.07) is 8.15. The average Bonchev–Trinajstić information content (AvgIpc) is 3.21. The molecule has 3 aromatic rings. The highest BCUT2D eigenvalue weighted by Crippen LogP contribution is 2.39. The Morgan fingerprint density at radius 2 is 2.17 bits per heavy atom. The zero-order chi connectivity index (χ0) is 15.6. The molecule has 0 amide bonds. The van der Waals surface area contributed by atoms with Crippen LogP contribution in [-0.2, 0) is 17.0 Å². The normalized spacial score (nSPS) is 14.7. The molecule has 0 radical (unpaired) electrons. The van der Waals surface area contributed by atoms with Crippen molar-refractivity contribution in [2.75, 3.05) is 13.7 Å². The molecule has 0 aliphatic heterocycles. The zero-order valence-corrected chi connectivity index (χ0v) is 13.8. The third-order valence-electron chi connectivity index (χ3n) is 3.88. The van der Waals surface area contributed by atoms with E-state index in [4.69, 9.17) is 14.2 Å². The maximum atomic E-state index is 5.31. The minimum Gasteiger partial charge on any atom is -0.383 e. The molecule has 0 saturated heterocycles. The second kappa shape index (κ2) is 6.33. The molecule has 1 fully saturated rings. The van der Waals surface area contributed by atoms with Crippen molar-refractivity contribution in [3.8, 4) is 0 Å². The Morgan fingerprint density at radius 1 is 1.30 bits per heavy atom. The van der Waals surface area contributed by atoms with Gasteiger partial charge in [0.05, 0.1) is 23.4 Å². The van der Waals surface area contributed by atoms with Gasteiger partial charge in [-0.1, -0.05) is 29.1 Å². The van der Waals surface area contributed by atoms with E-state index in [9.17, 15) is 0 Å². The van der Waals surface area contributed by atoms with Crippen LogP contribution in [-0.4, -0.2) is 33.4 Å². The molecule has 0 spiro atoms. The summed E-state index contributed by atoms with van der Waals surface area (Å²) in [5.74, 6) is 2.68. The van der Waals surface area contributed by atoms with Gasteiger partial charge in [-0.25, -0.2) is 4.98 Å². The summed E-state index contributed by atoms with van der Waals surface area (Å²) in [6.45, 7) is 1.43. The quantitative estimate of drug-likeness (QED) is 0.620. The highest BCUT2D eigenvalue weighted by atomic mass is 32.2. The Bertz CT molecular complexity index is 809. The summed E-state index contributed by atoms with van der Waals surface area (Å²) >= 11 is 1.63. The van der Waals surface area contributed by atoms with E-state index < -0.39 is 0 Å². The van der Waals surface area contributed by atoms with Crippen LogP contribution in [0.15, 0.2) is 33.9 Å². The van der Waals surface area contributed by atoms with E-state index in [0.717, 1.165) is 34.4 Å². The van der Waals surface area contributed by atoms with Crippen molar-refractivity contribution in [3.63, 3.8) is 0 Å². The van der Waals surface area contributed by atoms with Crippen molar-refractivity contribution in [1.29, 1.82) is 0 Å². The molecule has 1 aromatic carbocycles. The molecule has 2 heterocycles. The summed E-state index contributed by atoms with van der Waals surface area (Å²) in [7, 11) is 1.71. The van der Waals surface area contributed by atoms with E-state index >= 15 is 0 Å². The van der Waals surface area contributed by atoms with Crippen LogP contribution in [0.25, 0.3) is 11.0 Å². The van der Waals surface area contributed by atoms with E-state index in [0.29, 0.717) is 18.3 Å². The topological polar surface area (TPSA) is 66.0 Å². The Hall–Kier alpha value is -1.86. The molecule has 0 atom stereocenters. The largest absolute Gasteiger partial charge is 0.383 e. The third-order valence-corrected chi connectivity index (χ3v) is 4.85. The first-order valence-corrected chi connectivity index (χ1v) is 8.73. The molecule has 7 heteroatoms. The van der Waals surface area contributed by atoms with Crippen LogP contribution >= 0.6 is 11.8 Å². The highest BCUT2D eigenvalue weighted by Gasteiger charge is 2.29. The van der Waals surface area contributed by atoms with Gasteiger partial charge < -0.3 is 13.8 Å². The van der Waals surface area contributed by atoms with Crippen molar-refractivity contribution in [2.45, 2.75) is 36.2 Å². The van der Waals surface area contributed by atoms with Gasteiger partial charge in [0.1, 0.15) is 0 Å². The number of aromatic nitrogens is 4. The van der Waals surface area contributed by atoms with E-state index in [1.54, 1.807) is 18.9 Å². The van der Waals surface area contributed by atoms with Crippen LogP contribution in [0.1, 0.15) is 30.5 Å². The molecule has 4 rings (SSSR count). The van der Waals surface area contributed by atoms with Gasteiger partial charge in [0.15, 0.2) is 11.0 Å². The van der Waals surface area contributed by atoms with E-state index in [2.05, 4.69) is 20.8 Å². The molecule has 0 unspecified atom stereocenters. The second-order valence-electron chi connectivity index (χ2n) is 5.64. The number of fused-ring (bicyclic) bond motifs is 1. The number of benzene rings is 1. The molecule has 1 aliphatic rings. The summed E-state index contributed by atoms with van der Waals surface area (Å²) in [5, 5.41) is 5.03. The predicted molar refractivity (Wildman–Crippen MR) is 87.4 cm³/mol. The maximum absolute atomic E-state index is 5.31. The number of nitrogens with zero attached hydrogens (tertiary/aromatic N) is 4. The van der Waals surface area contributed by atoms with Crippen LogP contribution in [0.5, 0.6) is 0 Å². The van der Waals surface area contributed by atoms with Crippen LogP contribution in [0, 0.1) is 0 Å². The number of ether oxygens (including phenoxy) is 1. The number of imidazole rings is 1. The van der Waals surface area contributed by atoms with Gasteiger partial charge in [0.2, 0.25) is 5.89 Å². The van der Waals surface area contributed by atoms with Crippen LogP contribution < -0.4 is 0 Å². The van der Waals surface area contributed by atoms with Crippen LogP contribution in [0.3, 0.4) is 0 Å². The van der Waals surface area contributed by atoms with Crippen molar-refractivity contribution in [2.24, 2.45) is 0 Å². The molecule has 2 aromatic heterocycles. The lowest BCUT2D eigenvalue weighted by Gasteiger charge is -2.07. The lowest BCUT2D eigenvalue weighted by Crippen LogP contribution is -2.05. The fourth-order valence-electron chi connectivity index (χ4n) is 2.51. The van der Waals surface area contributed by atoms with E-state index in [1.807, 2.05) is 18.2 Å². The minimum absolute atomic E-state index is 0.493. The summed E-state index contributed by atoms with van der Waals surface area (Å²) < 4.78 is 12.7. The molecular weight excluding hydrogens is 312 g/mol. The number of rotatable bonds is 7. The molecule has 120 valence electrons. The summed E-state index contributed by atoms with van der Waals surface area (Å²) in [4.78, 5) is 9.19. The Balaban J connectivity index is 1.54. The zero-order valence-electron chi connectivity index (χ0n) is 12.9. The predicted octanol–water partition coefficient (Wildman–Crippen LogP) is 3.24. The van der Waals surface area contributed by atoms with Gasteiger partial charge in [-0.2, -0.15) is 4.98 Å². The van der Waals surface area contributed by atoms with Gasteiger partial charge in [-0.15, -0.1) is 0 Å². The highest BCUT2D eigenvalue weighted by molar-refractivity contribution is 7.98. The average molecular weight is 330 g/mol. The van der Waals surface area contributed by atoms with E-state index in [-0.39, 0.29) is 0 Å². The first kappa shape index (κ1) is 14.7. The van der Waals surface area contributed by atoms with Crippen LogP contribution in [0.4, 0.5) is 0 Å². The SMILES string of the molecule is COCCn1c(SCc2noc(C3CC3)n2)nc2ccccc21. The molecule has 0 bridgehead atoms. The molecule has 1 aliphatic carbocycles. The van der Waals surface area contributed by atoms with Gasteiger partial charge in [0, 0.05) is 19.6 Å². The van der Waals surface area contributed by atoms with Gasteiger partial charge in [-0.3, -0.25) is 0 Å². The fraction of sp³-hybridized carbons (Fsp3) is 0.438. The summed E-state index contributed by atoms with van der Waals surface area (Å²) in [5.41, 5.74) is 2.12. The molecular formula is C16H18N4O2S. The standard InChI is InChI=1S/C16H18N4O2S/c1-21-9-8-20-13-5-3-2-4-12(13)17-16(20)23-10-14-18-15(22-19-14)11-6-7-11/h2-5,11H,6-10H2,1H3. The molecule has 0 N–H and O–H groups in total. The first-order valence-electron chi connectivity index (χ1n) is 7.74. The molecule has 1 saturated carbocycles. The maximum Gasteiger partial charge on any atom is 0.229 e.